The molecule has 1 aromatic rings. The van der Waals surface area contributed by atoms with Crippen LogP contribution >= 0.6 is 0 Å². The number of sulfonamides is 1. The third-order valence-corrected chi connectivity index (χ3v) is 8.13. The van der Waals surface area contributed by atoms with Crippen LogP contribution in [0, 0.1) is 11.8 Å². The number of rotatable bonds is 10. The minimum Gasteiger partial charge on any atom is -0.480 e. The predicted octanol–water partition coefficient (Wildman–Crippen LogP) is 0.935. The fourth-order valence-corrected chi connectivity index (χ4v) is 6.20. The maximum absolute atomic E-state index is 13.5. The van der Waals surface area contributed by atoms with Crippen molar-refractivity contribution in [1.29, 1.82) is 0 Å². The lowest BCUT2D eigenvalue weighted by Crippen LogP contribution is -2.56. The summed E-state index contributed by atoms with van der Waals surface area (Å²) in [7, 11) is -4.05. The van der Waals surface area contributed by atoms with Gasteiger partial charge in [-0.2, -0.15) is 4.72 Å². The van der Waals surface area contributed by atoms with Gasteiger partial charge in [0.05, 0.1) is 5.69 Å². The molecule has 190 valence electrons. The number of amides is 1. The second kappa shape index (κ2) is 11.5. The van der Waals surface area contributed by atoms with Gasteiger partial charge >= 0.3 is 5.97 Å². The van der Waals surface area contributed by atoms with E-state index in [0.29, 0.717) is 44.0 Å². The molecule has 2 unspecified atom stereocenters. The zero-order valence-electron chi connectivity index (χ0n) is 19.9. The van der Waals surface area contributed by atoms with Crippen LogP contribution in [0.3, 0.4) is 0 Å². The molecule has 0 spiro atoms. The van der Waals surface area contributed by atoms with E-state index < -0.39 is 34.0 Å². The Bertz CT molecular complexity index is 986. The number of piperidine rings is 1. The Balaban J connectivity index is 1.86. The minimum atomic E-state index is -4.05. The first-order valence-electron chi connectivity index (χ1n) is 12.0. The van der Waals surface area contributed by atoms with Gasteiger partial charge in [0.25, 0.3) is 0 Å². The highest BCUT2D eigenvalue weighted by atomic mass is 32.2. The van der Waals surface area contributed by atoms with E-state index >= 15 is 0 Å². The number of likely N-dealkylation sites (tertiary alicyclic amines) is 1. The van der Waals surface area contributed by atoms with Gasteiger partial charge in [0.1, 0.15) is 17.0 Å². The summed E-state index contributed by atoms with van der Waals surface area (Å²) in [6.07, 6.45) is 2.52. The monoisotopic (exact) mass is 495 g/mol. The topological polar surface area (TPSA) is 154 Å². The lowest BCUT2D eigenvalue weighted by Gasteiger charge is -2.38. The van der Waals surface area contributed by atoms with E-state index in [2.05, 4.69) is 22.3 Å². The molecule has 3 rings (SSSR count). The van der Waals surface area contributed by atoms with Crippen LogP contribution in [0.4, 0.5) is 5.69 Å². The van der Waals surface area contributed by atoms with Crippen molar-refractivity contribution in [3.8, 4) is 0 Å². The molecule has 0 aromatic heterocycles. The molecule has 2 heterocycles. The van der Waals surface area contributed by atoms with Gasteiger partial charge in [-0.1, -0.05) is 26.0 Å². The van der Waals surface area contributed by atoms with Gasteiger partial charge < -0.3 is 26.4 Å². The smallest absolute Gasteiger partial charge is 0.326 e. The average Bonchev–Trinajstić information content (AvgIpc) is 2.79. The number of aliphatic carboxylic acids is 1. The Morgan fingerprint density at radius 2 is 2.06 bits per heavy atom. The number of nitrogens with one attached hydrogen (secondary N) is 3. The van der Waals surface area contributed by atoms with Crippen LogP contribution in [0.5, 0.6) is 0 Å². The zero-order chi connectivity index (χ0) is 24.9. The van der Waals surface area contributed by atoms with E-state index in [-0.39, 0.29) is 30.4 Å². The van der Waals surface area contributed by atoms with Gasteiger partial charge in [-0.05, 0) is 62.1 Å². The molecule has 11 heteroatoms. The molecule has 1 aromatic carbocycles. The van der Waals surface area contributed by atoms with E-state index in [1.54, 1.807) is 6.07 Å². The van der Waals surface area contributed by atoms with E-state index in [4.69, 9.17) is 5.73 Å². The molecule has 34 heavy (non-hydrogen) atoms. The van der Waals surface area contributed by atoms with Crippen molar-refractivity contribution >= 4 is 27.6 Å². The number of hydrogen-bond donors (Lipinski definition) is 5. The van der Waals surface area contributed by atoms with E-state index in [1.165, 1.54) is 11.0 Å². The highest BCUT2D eigenvalue weighted by Gasteiger charge is 2.39. The summed E-state index contributed by atoms with van der Waals surface area (Å²) >= 11 is 0. The number of nitrogens with zero attached hydrogens (tertiary/aromatic N) is 1. The predicted molar refractivity (Wildman–Crippen MR) is 130 cm³/mol. The number of fused-ring (bicyclic) bond motifs is 1. The summed E-state index contributed by atoms with van der Waals surface area (Å²) in [5, 5.41) is 15.9. The first-order chi connectivity index (χ1) is 16.1. The van der Waals surface area contributed by atoms with Crippen molar-refractivity contribution in [2.75, 3.05) is 31.6 Å². The fraction of sp³-hybridized carbons (Fsp3) is 0.652. The minimum absolute atomic E-state index is 0.108. The maximum Gasteiger partial charge on any atom is 0.326 e. The quantitative estimate of drug-likeness (QED) is 0.237. The summed E-state index contributed by atoms with van der Waals surface area (Å²) in [6.45, 7) is 5.80. The van der Waals surface area contributed by atoms with Crippen molar-refractivity contribution < 1.29 is 23.1 Å². The van der Waals surface area contributed by atoms with Gasteiger partial charge in [-0.25, -0.2) is 13.2 Å². The van der Waals surface area contributed by atoms with Crippen molar-refractivity contribution in [3.63, 3.8) is 0 Å². The van der Waals surface area contributed by atoms with Crippen LogP contribution in [0.25, 0.3) is 0 Å². The SMILES string of the molecule is CC1CNc2c(cccc2S(=O)(=O)NC(CCCNCN)C(=O)N2CC[C@@H](C)C[C@@H]2C(=O)O)C1. The molecule has 0 saturated carbocycles. The number of para-hydroxylation sites is 1. The van der Waals surface area contributed by atoms with Crippen molar-refractivity contribution in [3.05, 3.63) is 23.8 Å². The molecular formula is C23H37N5O5S. The Labute approximate surface area is 201 Å². The lowest BCUT2D eigenvalue weighted by molar-refractivity contribution is -0.153. The second-order valence-corrected chi connectivity index (χ2v) is 11.2. The van der Waals surface area contributed by atoms with Gasteiger partial charge in [-0.3, -0.25) is 4.79 Å². The number of anilines is 1. The molecule has 2 aliphatic heterocycles. The van der Waals surface area contributed by atoms with Gasteiger partial charge in [0.2, 0.25) is 15.9 Å². The van der Waals surface area contributed by atoms with E-state index in [0.717, 1.165) is 12.0 Å². The molecule has 1 fully saturated rings. The summed E-state index contributed by atoms with van der Waals surface area (Å²) in [4.78, 5) is 26.8. The third-order valence-electron chi connectivity index (χ3n) is 6.62. The van der Waals surface area contributed by atoms with Crippen LogP contribution in [-0.4, -0.2) is 68.7 Å². The molecule has 4 atom stereocenters. The van der Waals surface area contributed by atoms with Crippen LogP contribution in [0.2, 0.25) is 0 Å². The molecule has 0 radical (unpaired) electrons. The van der Waals surface area contributed by atoms with Crippen LogP contribution in [0.15, 0.2) is 23.1 Å². The van der Waals surface area contributed by atoms with Gasteiger partial charge in [0.15, 0.2) is 0 Å². The van der Waals surface area contributed by atoms with Crippen molar-refractivity contribution in [1.82, 2.24) is 14.9 Å². The number of carboxylic acid groups (broad SMARTS) is 1. The van der Waals surface area contributed by atoms with Crippen LogP contribution in [0.1, 0.15) is 45.1 Å². The molecule has 0 aliphatic carbocycles. The molecule has 1 amide bonds. The maximum atomic E-state index is 13.5. The number of carboxylic acids is 1. The normalized spacial score (nSPS) is 23.6. The molecule has 1 saturated heterocycles. The highest BCUT2D eigenvalue weighted by Crippen LogP contribution is 2.31. The molecule has 6 N–H and O–H groups in total. The summed E-state index contributed by atoms with van der Waals surface area (Å²) in [5.74, 6) is -1.00. The number of carbonyl (C=O) groups excluding carboxylic acids is 1. The van der Waals surface area contributed by atoms with Gasteiger partial charge in [0, 0.05) is 19.8 Å². The molecule has 10 nitrogen and oxygen atoms in total. The lowest BCUT2D eigenvalue weighted by atomic mass is 9.91. The summed E-state index contributed by atoms with van der Waals surface area (Å²) < 4.78 is 29.5. The first kappa shape index (κ1) is 26.4. The van der Waals surface area contributed by atoms with Crippen molar-refractivity contribution in [2.45, 2.75) is 62.9 Å². The van der Waals surface area contributed by atoms with Gasteiger partial charge in [-0.15, -0.1) is 0 Å². The third kappa shape index (κ3) is 6.26. The average molecular weight is 496 g/mol. The Kier molecular flexibility index (Phi) is 8.91. The second-order valence-electron chi connectivity index (χ2n) is 9.52. The Hall–Kier alpha value is -2.21. The number of hydrogen-bond acceptors (Lipinski definition) is 7. The molecule has 0 bridgehead atoms. The Morgan fingerprint density at radius 3 is 2.76 bits per heavy atom. The summed E-state index contributed by atoms with van der Waals surface area (Å²) in [6, 6.07) is 3.12. The standard InChI is InChI=1S/C23H37N5O5S/c1-15-8-10-28(19(12-15)23(30)31)22(29)18(6-4-9-25-14-24)27-34(32,33)20-7-3-5-17-11-16(2)13-26-21(17)20/h3,5,7,15-16,18-19,25-27H,4,6,8-14,24H2,1-2H3,(H,30,31)/t15-,16?,18?,19-/m1/s1. The number of nitrogens with two attached hydrogens (primary N) is 1. The van der Waals surface area contributed by atoms with Crippen LogP contribution in [-0.2, 0) is 26.0 Å². The van der Waals surface area contributed by atoms with Crippen LogP contribution < -0.4 is 21.1 Å². The molecular weight excluding hydrogens is 458 g/mol. The zero-order valence-corrected chi connectivity index (χ0v) is 20.7. The highest BCUT2D eigenvalue weighted by molar-refractivity contribution is 7.89. The Morgan fingerprint density at radius 1 is 1.29 bits per heavy atom. The largest absolute Gasteiger partial charge is 0.480 e. The first-order valence-corrected chi connectivity index (χ1v) is 13.4. The van der Waals surface area contributed by atoms with E-state index in [1.807, 2.05) is 13.0 Å². The summed E-state index contributed by atoms with van der Waals surface area (Å²) in [5.41, 5.74) is 6.96. The van der Waals surface area contributed by atoms with E-state index in [9.17, 15) is 23.1 Å². The number of carbonyl (C=O) groups is 2. The molecule has 2 aliphatic rings. The number of benzene rings is 1. The fourth-order valence-electron chi connectivity index (χ4n) is 4.75. The van der Waals surface area contributed by atoms with Crippen molar-refractivity contribution in [2.24, 2.45) is 17.6 Å².